The van der Waals surface area contributed by atoms with E-state index in [1.54, 1.807) is 29.2 Å². The molecule has 30 heavy (non-hydrogen) atoms. The summed E-state index contributed by atoms with van der Waals surface area (Å²) in [6.45, 7) is 2.34. The summed E-state index contributed by atoms with van der Waals surface area (Å²) in [4.78, 5) is 32.4. The van der Waals surface area contributed by atoms with Gasteiger partial charge in [0.15, 0.2) is 5.13 Å². The van der Waals surface area contributed by atoms with E-state index in [1.807, 2.05) is 42.7 Å². The number of amides is 2. The van der Waals surface area contributed by atoms with Gasteiger partial charge in [0.2, 0.25) is 0 Å². The van der Waals surface area contributed by atoms with Crippen LogP contribution in [0.5, 0.6) is 0 Å². The number of anilines is 2. The lowest BCUT2D eigenvalue weighted by molar-refractivity contribution is -0.136. The van der Waals surface area contributed by atoms with Crippen LogP contribution in [0.25, 0.3) is 10.2 Å². The minimum atomic E-state index is -0.625. The molecule has 2 amide bonds. The van der Waals surface area contributed by atoms with Crippen molar-refractivity contribution >= 4 is 55.9 Å². The number of carbonyl (C=O) groups excluding carboxylic acids is 2. The molecule has 0 spiro atoms. The first kappa shape index (κ1) is 20.7. The molecule has 0 aliphatic carbocycles. The molecule has 0 unspecified atom stereocenters. The number of fused-ring (bicyclic) bond motifs is 1. The Balaban J connectivity index is 1.24. The van der Waals surface area contributed by atoms with Crippen molar-refractivity contribution < 1.29 is 9.59 Å². The predicted molar refractivity (Wildman–Crippen MR) is 124 cm³/mol. The van der Waals surface area contributed by atoms with Crippen LogP contribution in [0.1, 0.15) is 12.8 Å². The van der Waals surface area contributed by atoms with Crippen LogP contribution in [-0.4, -0.2) is 42.7 Å². The molecule has 1 aliphatic rings. The summed E-state index contributed by atoms with van der Waals surface area (Å²) in [5.74, 6) is -0.842. The van der Waals surface area contributed by atoms with Gasteiger partial charge in [-0.15, -0.1) is 11.8 Å². The zero-order chi connectivity index (χ0) is 20.9. The number of carbonyl (C=O) groups is 2. The fourth-order valence-corrected chi connectivity index (χ4v) is 5.01. The van der Waals surface area contributed by atoms with E-state index in [9.17, 15) is 9.59 Å². The average Bonchev–Trinajstić information content (AvgIpc) is 3.22. The standard InChI is InChI=1S/C22H24N4O2S2/c1-29-17-6-4-5-16(13-17)24-21(28)20(27)23-14-15-9-11-26(12-10-15)22-25-18-7-2-3-8-19(18)30-22/h2-8,13,15H,9-12,14H2,1H3,(H,23,27)(H,24,28). The van der Waals surface area contributed by atoms with Crippen molar-refractivity contribution in [2.75, 3.05) is 36.1 Å². The second-order valence-electron chi connectivity index (χ2n) is 7.29. The Morgan fingerprint density at radius 2 is 1.93 bits per heavy atom. The molecular formula is C22H24N4O2S2. The largest absolute Gasteiger partial charge is 0.348 e. The molecule has 6 nitrogen and oxygen atoms in total. The molecule has 1 aliphatic heterocycles. The van der Waals surface area contributed by atoms with Gasteiger partial charge in [-0.2, -0.15) is 0 Å². The molecule has 0 radical (unpaired) electrons. The van der Waals surface area contributed by atoms with E-state index in [4.69, 9.17) is 4.98 Å². The first-order valence-electron chi connectivity index (χ1n) is 9.96. The minimum absolute atomic E-state index is 0.368. The normalized spacial score (nSPS) is 14.6. The van der Waals surface area contributed by atoms with Gasteiger partial charge in [0.1, 0.15) is 0 Å². The number of piperidine rings is 1. The molecule has 1 aromatic heterocycles. The van der Waals surface area contributed by atoms with Crippen LogP contribution in [0.4, 0.5) is 10.8 Å². The van der Waals surface area contributed by atoms with Gasteiger partial charge in [-0.25, -0.2) is 4.98 Å². The molecule has 2 N–H and O–H groups in total. The Bertz CT molecular complexity index is 1010. The molecule has 2 aromatic carbocycles. The number of para-hydroxylation sites is 1. The molecular weight excluding hydrogens is 416 g/mol. The first-order chi connectivity index (χ1) is 14.6. The monoisotopic (exact) mass is 440 g/mol. The number of rotatable bonds is 5. The van der Waals surface area contributed by atoms with E-state index < -0.39 is 11.8 Å². The number of nitrogens with zero attached hydrogens (tertiary/aromatic N) is 2. The summed E-state index contributed by atoms with van der Waals surface area (Å²) in [5.41, 5.74) is 1.67. The summed E-state index contributed by atoms with van der Waals surface area (Å²) in [6, 6.07) is 15.6. The zero-order valence-electron chi connectivity index (χ0n) is 16.8. The molecule has 2 heterocycles. The summed E-state index contributed by atoms with van der Waals surface area (Å²) in [6.07, 6.45) is 3.90. The van der Waals surface area contributed by atoms with Crippen molar-refractivity contribution in [1.82, 2.24) is 10.3 Å². The van der Waals surface area contributed by atoms with E-state index in [-0.39, 0.29) is 0 Å². The topological polar surface area (TPSA) is 74.3 Å². The number of nitrogens with one attached hydrogen (secondary N) is 2. The predicted octanol–water partition coefficient (Wildman–Crippen LogP) is 3.99. The maximum Gasteiger partial charge on any atom is 0.313 e. The maximum absolute atomic E-state index is 12.2. The van der Waals surface area contributed by atoms with Gasteiger partial charge in [0, 0.05) is 30.2 Å². The van der Waals surface area contributed by atoms with Gasteiger partial charge in [-0.05, 0) is 55.3 Å². The number of benzene rings is 2. The van der Waals surface area contributed by atoms with Gasteiger partial charge >= 0.3 is 11.8 Å². The highest BCUT2D eigenvalue weighted by Gasteiger charge is 2.23. The van der Waals surface area contributed by atoms with Crippen LogP contribution in [0.2, 0.25) is 0 Å². The van der Waals surface area contributed by atoms with Crippen LogP contribution in [0.3, 0.4) is 0 Å². The second-order valence-corrected chi connectivity index (χ2v) is 9.18. The minimum Gasteiger partial charge on any atom is -0.348 e. The summed E-state index contributed by atoms with van der Waals surface area (Å²) < 4.78 is 1.20. The molecule has 4 rings (SSSR count). The fourth-order valence-electron chi connectivity index (χ4n) is 3.53. The van der Waals surface area contributed by atoms with Gasteiger partial charge in [0.05, 0.1) is 10.2 Å². The number of thioether (sulfide) groups is 1. The Hall–Kier alpha value is -2.58. The third-order valence-corrected chi connectivity index (χ3v) is 7.08. The van der Waals surface area contributed by atoms with Crippen LogP contribution in [0, 0.1) is 5.92 Å². The summed E-state index contributed by atoms with van der Waals surface area (Å²) in [5, 5.41) is 6.52. The summed E-state index contributed by atoms with van der Waals surface area (Å²) >= 11 is 3.31. The Morgan fingerprint density at radius 1 is 1.13 bits per heavy atom. The van der Waals surface area contributed by atoms with Gasteiger partial charge in [-0.3, -0.25) is 9.59 Å². The highest BCUT2D eigenvalue weighted by molar-refractivity contribution is 7.98. The van der Waals surface area contributed by atoms with Crippen molar-refractivity contribution in [2.24, 2.45) is 5.92 Å². The quantitative estimate of drug-likeness (QED) is 0.464. The molecule has 0 atom stereocenters. The average molecular weight is 441 g/mol. The van der Waals surface area contributed by atoms with Crippen LogP contribution in [-0.2, 0) is 9.59 Å². The number of thiazole rings is 1. The third kappa shape index (κ3) is 4.94. The number of hydrogen-bond acceptors (Lipinski definition) is 6. The number of hydrogen-bond donors (Lipinski definition) is 2. The Kier molecular flexibility index (Phi) is 6.54. The van der Waals surface area contributed by atoms with Gasteiger partial charge in [0.25, 0.3) is 0 Å². The fraction of sp³-hybridized carbons (Fsp3) is 0.318. The van der Waals surface area contributed by atoms with Crippen molar-refractivity contribution in [3.05, 3.63) is 48.5 Å². The molecule has 3 aromatic rings. The smallest absolute Gasteiger partial charge is 0.313 e. The lowest BCUT2D eigenvalue weighted by Crippen LogP contribution is -2.41. The van der Waals surface area contributed by atoms with Crippen LogP contribution >= 0.6 is 23.1 Å². The lowest BCUT2D eigenvalue weighted by atomic mass is 9.97. The molecule has 156 valence electrons. The highest BCUT2D eigenvalue weighted by atomic mass is 32.2. The highest BCUT2D eigenvalue weighted by Crippen LogP contribution is 2.31. The van der Waals surface area contributed by atoms with Crippen LogP contribution in [0.15, 0.2) is 53.4 Å². The van der Waals surface area contributed by atoms with Crippen LogP contribution < -0.4 is 15.5 Å². The van der Waals surface area contributed by atoms with Gasteiger partial charge < -0.3 is 15.5 Å². The number of aromatic nitrogens is 1. The van der Waals surface area contributed by atoms with E-state index >= 15 is 0 Å². The van der Waals surface area contributed by atoms with Crippen molar-refractivity contribution in [2.45, 2.75) is 17.7 Å². The molecule has 0 saturated carbocycles. The first-order valence-corrected chi connectivity index (χ1v) is 12.0. The SMILES string of the molecule is CSc1cccc(NC(=O)C(=O)NCC2CCN(c3nc4ccccc4s3)CC2)c1. The second kappa shape index (κ2) is 9.49. The van der Waals surface area contributed by atoms with Crippen molar-refractivity contribution in [3.8, 4) is 0 Å². The lowest BCUT2D eigenvalue weighted by Gasteiger charge is -2.31. The summed E-state index contributed by atoms with van der Waals surface area (Å²) in [7, 11) is 0. The van der Waals surface area contributed by atoms with E-state index in [1.165, 1.54) is 4.70 Å². The van der Waals surface area contributed by atoms with E-state index in [2.05, 4.69) is 21.6 Å². The maximum atomic E-state index is 12.2. The van der Waals surface area contributed by atoms with Crippen molar-refractivity contribution in [3.63, 3.8) is 0 Å². The molecule has 1 fully saturated rings. The molecule has 0 bridgehead atoms. The molecule has 8 heteroatoms. The van der Waals surface area contributed by atoms with E-state index in [0.717, 1.165) is 41.5 Å². The zero-order valence-corrected chi connectivity index (χ0v) is 18.4. The van der Waals surface area contributed by atoms with Crippen molar-refractivity contribution in [1.29, 1.82) is 0 Å². The Labute approximate surface area is 184 Å². The molecule has 1 saturated heterocycles. The van der Waals surface area contributed by atoms with E-state index in [0.29, 0.717) is 18.2 Å². The third-order valence-electron chi connectivity index (χ3n) is 5.25. The Morgan fingerprint density at radius 3 is 2.70 bits per heavy atom. The van der Waals surface area contributed by atoms with Gasteiger partial charge in [-0.1, -0.05) is 29.5 Å².